The minimum Gasteiger partial charge on any atom is -0.379 e. The van der Waals surface area contributed by atoms with Crippen molar-refractivity contribution in [2.75, 3.05) is 40.1 Å². The van der Waals surface area contributed by atoms with E-state index in [4.69, 9.17) is 52.1 Å². The maximum absolute atomic E-state index is 7.20. The second-order valence-electron chi connectivity index (χ2n) is 16.0. The van der Waals surface area contributed by atoms with E-state index in [1.54, 1.807) is 13.2 Å². The summed E-state index contributed by atoms with van der Waals surface area (Å²) in [6.45, 7) is 7.14. The first kappa shape index (κ1) is 46.2. The van der Waals surface area contributed by atoms with Gasteiger partial charge in [-0.1, -0.05) is 147 Å². The van der Waals surface area contributed by atoms with E-state index in [1.807, 2.05) is 121 Å². The number of hydrogen-bond donors (Lipinski definition) is 0. The molecule has 8 rings (SSSR count). The van der Waals surface area contributed by atoms with Crippen molar-refractivity contribution in [3.8, 4) is 0 Å². The first-order valence-corrected chi connectivity index (χ1v) is 22.2. The minimum absolute atomic E-state index is 0.230. The van der Waals surface area contributed by atoms with Crippen LogP contribution < -0.4 is 0 Å². The lowest BCUT2D eigenvalue weighted by Gasteiger charge is -2.50. The van der Waals surface area contributed by atoms with Crippen LogP contribution >= 0.6 is 0 Å². The van der Waals surface area contributed by atoms with Gasteiger partial charge < -0.3 is 52.1 Å². The van der Waals surface area contributed by atoms with Crippen molar-refractivity contribution < 1.29 is 52.1 Å². The van der Waals surface area contributed by atoms with Crippen molar-refractivity contribution in [2.24, 2.45) is 0 Å². The Kier molecular flexibility index (Phi) is 19.0. The van der Waals surface area contributed by atoms with Crippen molar-refractivity contribution in [3.63, 3.8) is 0 Å². The highest BCUT2D eigenvalue weighted by Crippen LogP contribution is 2.36. The molecule has 4 aliphatic heterocycles. The molecule has 4 aliphatic rings. The Morgan fingerprint density at radius 2 is 0.903 bits per heavy atom. The maximum atomic E-state index is 7.20. The first-order valence-electron chi connectivity index (χ1n) is 22.2. The molecule has 0 aromatic heterocycles. The van der Waals surface area contributed by atoms with Crippen molar-refractivity contribution >= 4 is 0 Å². The van der Waals surface area contributed by atoms with E-state index in [9.17, 15) is 0 Å². The van der Waals surface area contributed by atoms with Gasteiger partial charge in [0.1, 0.15) is 48.8 Å². The third-order valence-electron chi connectivity index (χ3n) is 11.4. The smallest absolute Gasteiger partial charge is 0.187 e. The average Bonchev–Trinajstić information content (AvgIpc) is 3.32. The van der Waals surface area contributed by atoms with Crippen LogP contribution in [-0.4, -0.2) is 102 Å². The maximum Gasteiger partial charge on any atom is 0.187 e. The normalized spacial score (nSPS) is 28.9. The van der Waals surface area contributed by atoms with Gasteiger partial charge in [0.05, 0.1) is 46.2 Å². The summed E-state index contributed by atoms with van der Waals surface area (Å²) in [5, 5.41) is 0. The number of hydrogen-bond acceptors (Lipinski definition) is 11. The van der Waals surface area contributed by atoms with Crippen LogP contribution in [0.3, 0.4) is 0 Å². The van der Waals surface area contributed by atoms with Crippen molar-refractivity contribution in [1.82, 2.24) is 0 Å². The summed E-state index contributed by atoms with van der Waals surface area (Å²) in [4.78, 5) is 0. The van der Waals surface area contributed by atoms with Crippen molar-refractivity contribution in [2.45, 2.75) is 120 Å². The molecule has 4 heterocycles. The van der Waals surface area contributed by atoms with Gasteiger partial charge in [0.2, 0.25) is 0 Å². The lowest BCUT2D eigenvalue weighted by molar-refractivity contribution is -0.380. The molecule has 0 saturated carbocycles. The van der Waals surface area contributed by atoms with E-state index in [0.29, 0.717) is 33.0 Å². The summed E-state index contributed by atoms with van der Waals surface area (Å²) in [5.41, 5.74) is 4.03. The average molecular weight is 853 g/mol. The zero-order valence-corrected chi connectivity index (χ0v) is 36.0. The van der Waals surface area contributed by atoms with Gasteiger partial charge >= 0.3 is 0 Å². The monoisotopic (exact) mass is 852 g/mol. The van der Waals surface area contributed by atoms with Crippen molar-refractivity contribution in [1.29, 1.82) is 0 Å². The molecule has 0 spiro atoms. The third kappa shape index (κ3) is 13.6. The summed E-state index contributed by atoms with van der Waals surface area (Å²) in [5.74, 6) is 0. The molecule has 4 fully saturated rings. The van der Waals surface area contributed by atoms with Crippen molar-refractivity contribution in [3.05, 3.63) is 156 Å². The van der Waals surface area contributed by atoms with Crippen LogP contribution in [0.2, 0.25) is 0 Å². The van der Waals surface area contributed by atoms with Crippen LogP contribution in [0.1, 0.15) is 54.4 Å². The Morgan fingerprint density at radius 1 is 0.484 bits per heavy atom. The van der Waals surface area contributed by atoms with Gasteiger partial charge in [-0.15, -0.1) is 6.58 Å². The Balaban J connectivity index is 1.27. The molecule has 11 heteroatoms. The fraction of sp³-hybridized carbons (Fsp3) is 0.490. The van der Waals surface area contributed by atoms with Gasteiger partial charge in [0.25, 0.3) is 0 Å². The van der Waals surface area contributed by atoms with Crippen LogP contribution in [0.15, 0.2) is 134 Å². The SMILES string of the molecule is C=CCO[C@@H]1[C@@H]2O[C@H]3O[C@H](COCCCCCCCOC[C@@H](O[C@@H]2OC)[C@H]1OCc1ccccc1)[C@H](OCc1ccccc1)[C@H](OCc1ccccc1)[C@H]3OCc1ccccc1. The quantitative estimate of drug-likeness (QED) is 0.102. The Morgan fingerprint density at radius 3 is 1.37 bits per heavy atom. The summed E-state index contributed by atoms with van der Waals surface area (Å²) < 4.78 is 74.0. The molecule has 4 bridgehead atoms. The fourth-order valence-electron chi connectivity index (χ4n) is 8.17. The zero-order valence-electron chi connectivity index (χ0n) is 36.0. The molecule has 11 nitrogen and oxygen atoms in total. The van der Waals surface area contributed by atoms with Gasteiger partial charge in [-0.05, 0) is 35.1 Å². The molecule has 0 amide bonds. The highest BCUT2D eigenvalue weighted by molar-refractivity contribution is 5.16. The molecular formula is C51H64O11. The minimum atomic E-state index is -1.02. The molecule has 4 aromatic carbocycles. The summed E-state index contributed by atoms with van der Waals surface area (Å²) >= 11 is 0. The van der Waals surface area contributed by atoms with E-state index < -0.39 is 61.4 Å². The largest absolute Gasteiger partial charge is 0.379 e. The fourth-order valence-corrected chi connectivity index (χ4v) is 8.17. The van der Waals surface area contributed by atoms with Gasteiger partial charge in [0, 0.05) is 20.3 Å². The standard InChI is InChI=1S/C51H64O11/c1-3-29-55-47-45(57-33-39-23-13-8-14-24-39)42-36-53-30-19-5-4-6-20-31-54-37-43-44(56-32-38-21-11-7-12-22-38)46(58-34-40-25-15-9-16-26-40)48(59-35-41-27-17-10-18-28-41)51(61-43)62-49(47)50(52-2)60-42/h3,7-18,21-28,42-51H,1,4-6,19-20,29-37H2,2H3/t42-,43-,44+,45-,46+,47+,48-,49+,50+,51-/m1/s1. The number of ether oxygens (including phenoxy) is 11. The molecular weight excluding hydrogens is 789 g/mol. The topological polar surface area (TPSA) is 102 Å². The first-order chi connectivity index (χ1) is 30.7. The van der Waals surface area contributed by atoms with Crippen LogP contribution in [0.4, 0.5) is 0 Å². The molecule has 0 aliphatic carbocycles. The lowest BCUT2D eigenvalue weighted by Crippen LogP contribution is -2.66. The highest BCUT2D eigenvalue weighted by atomic mass is 16.8. The number of rotatable bonds is 16. The van der Waals surface area contributed by atoms with E-state index >= 15 is 0 Å². The van der Waals surface area contributed by atoms with E-state index in [2.05, 4.69) is 6.58 Å². The molecule has 0 N–H and O–H groups in total. The predicted molar refractivity (Wildman–Crippen MR) is 234 cm³/mol. The summed E-state index contributed by atoms with van der Waals surface area (Å²) in [6.07, 6.45) is -0.539. The van der Waals surface area contributed by atoms with Crippen LogP contribution in [-0.2, 0) is 78.5 Å². The van der Waals surface area contributed by atoms with Gasteiger partial charge in [-0.25, -0.2) is 0 Å². The Hall–Kier alpha value is -3.82. The molecule has 0 radical (unpaired) electrons. The van der Waals surface area contributed by atoms with Gasteiger partial charge in [0.15, 0.2) is 12.6 Å². The Labute approximate surface area is 367 Å². The van der Waals surface area contributed by atoms with E-state index in [-0.39, 0.29) is 26.4 Å². The van der Waals surface area contributed by atoms with E-state index in [0.717, 1.165) is 54.4 Å². The summed E-state index contributed by atoms with van der Waals surface area (Å²) in [7, 11) is 1.60. The van der Waals surface area contributed by atoms with Gasteiger partial charge in [-0.3, -0.25) is 0 Å². The number of fused-ring (bicyclic) bond motifs is 12. The number of benzene rings is 4. The van der Waals surface area contributed by atoms with Crippen LogP contribution in [0.5, 0.6) is 0 Å². The molecule has 4 aromatic rings. The second kappa shape index (κ2) is 25.5. The second-order valence-corrected chi connectivity index (χ2v) is 16.0. The highest BCUT2D eigenvalue weighted by Gasteiger charge is 2.54. The number of methoxy groups -OCH3 is 1. The Bertz CT molecular complexity index is 1800. The predicted octanol–water partition coefficient (Wildman–Crippen LogP) is 8.38. The van der Waals surface area contributed by atoms with Crippen LogP contribution in [0, 0.1) is 0 Å². The molecule has 4 saturated heterocycles. The van der Waals surface area contributed by atoms with E-state index in [1.165, 1.54) is 0 Å². The molecule has 62 heavy (non-hydrogen) atoms. The molecule has 0 unspecified atom stereocenters. The summed E-state index contributed by atoms with van der Waals surface area (Å²) in [6, 6.07) is 40.3. The zero-order chi connectivity index (χ0) is 42.6. The van der Waals surface area contributed by atoms with Gasteiger partial charge in [-0.2, -0.15) is 0 Å². The molecule has 10 atom stereocenters. The third-order valence-corrected chi connectivity index (χ3v) is 11.4. The van der Waals surface area contributed by atoms with Crippen LogP contribution in [0.25, 0.3) is 0 Å². The lowest BCUT2D eigenvalue weighted by atomic mass is 9.96. The molecule has 334 valence electrons.